The Balaban J connectivity index is 2.16. The Morgan fingerprint density at radius 3 is 2.85 bits per heavy atom. The quantitative estimate of drug-likeness (QED) is 0.885. The van der Waals surface area contributed by atoms with Crippen molar-refractivity contribution < 1.29 is 4.52 Å². The molecule has 20 heavy (non-hydrogen) atoms. The predicted octanol–water partition coefficient (Wildman–Crippen LogP) is 3.37. The number of hydrogen-bond acceptors (Lipinski definition) is 5. The van der Waals surface area contributed by atoms with Gasteiger partial charge in [0.05, 0.1) is 10.0 Å². The van der Waals surface area contributed by atoms with Gasteiger partial charge in [-0.2, -0.15) is 4.98 Å². The highest BCUT2D eigenvalue weighted by Crippen LogP contribution is 2.25. The van der Waals surface area contributed by atoms with Crippen molar-refractivity contribution in [3.05, 3.63) is 28.2 Å². The summed E-state index contributed by atoms with van der Waals surface area (Å²) in [6.07, 6.45) is 4.33. The lowest BCUT2D eigenvalue weighted by molar-refractivity contribution is 0.356. The van der Waals surface area contributed by atoms with Crippen LogP contribution in [0.5, 0.6) is 0 Å². The second-order valence-electron chi connectivity index (χ2n) is 4.47. The van der Waals surface area contributed by atoms with E-state index in [0.717, 1.165) is 12.8 Å². The van der Waals surface area contributed by atoms with E-state index >= 15 is 0 Å². The molecule has 0 spiro atoms. The Labute approximate surface area is 127 Å². The maximum Gasteiger partial charge on any atom is 0.228 e. The van der Waals surface area contributed by atoms with Gasteiger partial charge in [0.15, 0.2) is 0 Å². The van der Waals surface area contributed by atoms with E-state index in [9.17, 15) is 0 Å². The average Bonchev–Trinajstić information content (AvgIpc) is 2.86. The molecule has 2 aromatic heterocycles. The van der Waals surface area contributed by atoms with E-state index in [1.807, 2.05) is 7.05 Å². The molecule has 0 radical (unpaired) electrons. The first-order chi connectivity index (χ1) is 9.63. The molecule has 0 saturated carbocycles. The molecule has 2 heterocycles. The molecule has 0 aromatic carbocycles. The van der Waals surface area contributed by atoms with Gasteiger partial charge in [0, 0.05) is 18.7 Å². The van der Waals surface area contributed by atoms with Crippen LogP contribution in [0.4, 0.5) is 0 Å². The van der Waals surface area contributed by atoms with Gasteiger partial charge in [0.2, 0.25) is 11.7 Å². The summed E-state index contributed by atoms with van der Waals surface area (Å²) in [5, 5.41) is 8.03. The molecule has 0 saturated heterocycles. The summed E-state index contributed by atoms with van der Waals surface area (Å²) in [6.45, 7) is 2.14. The van der Waals surface area contributed by atoms with Gasteiger partial charge in [-0.25, -0.2) is 4.98 Å². The van der Waals surface area contributed by atoms with E-state index in [0.29, 0.717) is 39.9 Å². The number of aromatic nitrogens is 3. The zero-order valence-electron chi connectivity index (χ0n) is 11.4. The van der Waals surface area contributed by atoms with E-state index in [-0.39, 0.29) is 0 Å². The molecule has 0 aliphatic carbocycles. The predicted molar refractivity (Wildman–Crippen MR) is 79.0 cm³/mol. The van der Waals surface area contributed by atoms with Crippen LogP contribution in [0.2, 0.25) is 10.0 Å². The van der Waals surface area contributed by atoms with Crippen molar-refractivity contribution in [3.63, 3.8) is 0 Å². The molecular weight excluding hydrogens is 299 g/mol. The topological polar surface area (TPSA) is 63.8 Å². The highest BCUT2D eigenvalue weighted by atomic mass is 35.5. The van der Waals surface area contributed by atoms with Crippen LogP contribution in [-0.2, 0) is 6.42 Å². The van der Waals surface area contributed by atoms with Gasteiger partial charge in [-0.1, -0.05) is 41.7 Å². The van der Waals surface area contributed by atoms with Crippen LogP contribution in [0.1, 0.15) is 25.7 Å². The third kappa shape index (κ3) is 3.69. The van der Waals surface area contributed by atoms with Crippen LogP contribution in [0.15, 0.2) is 16.8 Å². The van der Waals surface area contributed by atoms with Crippen LogP contribution in [0.3, 0.4) is 0 Å². The molecule has 0 bridgehead atoms. The van der Waals surface area contributed by atoms with Gasteiger partial charge in [0.25, 0.3) is 0 Å². The molecule has 108 valence electrons. The zero-order valence-corrected chi connectivity index (χ0v) is 12.9. The van der Waals surface area contributed by atoms with Crippen LogP contribution in [0.25, 0.3) is 11.5 Å². The number of nitrogens with one attached hydrogen (secondary N) is 1. The van der Waals surface area contributed by atoms with Crippen LogP contribution >= 0.6 is 23.2 Å². The van der Waals surface area contributed by atoms with Gasteiger partial charge >= 0.3 is 0 Å². The van der Waals surface area contributed by atoms with Gasteiger partial charge in [-0.3, -0.25) is 0 Å². The number of nitrogens with zero attached hydrogens (tertiary/aromatic N) is 3. The summed E-state index contributed by atoms with van der Waals surface area (Å²) in [7, 11) is 1.93. The fraction of sp³-hybridized carbons (Fsp3) is 0.462. The van der Waals surface area contributed by atoms with Crippen molar-refractivity contribution in [1.29, 1.82) is 0 Å². The summed E-state index contributed by atoms with van der Waals surface area (Å²) in [6, 6.07) is 1.93. The summed E-state index contributed by atoms with van der Waals surface area (Å²) in [5.74, 6) is 0.952. The van der Waals surface area contributed by atoms with Crippen molar-refractivity contribution >= 4 is 23.2 Å². The summed E-state index contributed by atoms with van der Waals surface area (Å²) >= 11 is 11.9. The lowest BCUT2D eigenvalue weighted by Gasteiger charge is -2.11. The molecule has 1 unspecified atom stereocenters. The average molecular weight is 315 g/mol. The van der Waals surface area contributed by atoms with E-state index in [1.165, 1.54) is 6.20 Å². The van der Waals surface area contributed by atoms with Crippen molar-refractivity contribution in [3.8, 4) is 11.5 Å². The summed E-state index contributed by atoms with van der Waals surface area (Å²) < 4.78 is 5.25. The SMILES string of the molecule is CCCC(Cc1nc(-c2ncc(Cl)cc2Cl)no1)NC. The fourth-order valence-corrected chi connectivity index (χ4v) is 2.39. The third-order valence-electron chi connectivity index (χ3n) is 2.95. The monoisotopic (exact) mass is 314 g/mol. The Morgan fingerprint density at radius 1 is 1.40 bits per heavy atom. The maximum absolute atomic E-state index is 6.08. The standard InChI is InChI=1S/C13H16Cl2N4O/c1-3-4-9(16-2)6-11-18-13(19-20-11)12-10(15)5-8(14)7-17-12/h5,7,9,16H,3-4,6H2,1-2H3. The molecule has 2 rings (SSSR count). The Kier molecular flexibility index (Phi) is 5.34. The summed E-state index contributed by atoms with van der Waals surface area (Å²) in [5.41, 5.74) is 0.475. The molecule has 1 atom stereocenters. The molecular formula is C13H16Cl2N4O. The highest BCUT2D eigenvalue weighted by molar-refractivity contribution is 6.35. The van der Waals surface area contributed by atoms with Gasteiger partial charge in [0.1, 0.15) is 5.69 Å². The minimum atomic E-state index is 0.321. The Hall–Kier alpha value is -1.17. The first-order valence-electron chi connectivity index (χ1n) is 6.45. The lowest BCUT2D eigenvalue weighted by Crippen LogP contribution is -2.27. The normalized spacial score (nSPS) is 12.6. The van der Waals surface area contributed by atoms with Crippen molar-refractivity contribution in [2.75, 3.05) is 7.05 Å². The first kappa shape index (κ1) is 15.2. The number of pyridine rings is 1. The van der Waals surface area contributed by atoms with E-state index in [4.69, 9.17) is 27.7 Å². The smallest absolute Gasteiger partial charge is 0.228 e. The minimum Gasteiger partial charge on any atom is -0.339 e. The van der Waals surface area contributed by atoms with Crippen molar-refractivity contribution in [2.24, 2.45) is 0 Å². The first-order valence-corrected chi connectivity index (χ1v) is 7.21. The second-order valence-corrected chi connectivity index (χ2v) is 5.32. The maximum atomic E-state index is 6.08. The number of rotatable bonds is 6. The van der Waals surface area contributed by atoms with Crippen LogP contribution in [-0.4, -0.2) is 28.2 Å². The molecule has 5 nitrogen and oxygen atoms in total. The molecule has 0 fully saturated rings. The number of halogens is 2. The van der Waals surface area contributed by atoms with Crippen molar-refractivity contribution in [2.45, 2.75) is 32.2 Å². The van der Waals surface area contributed by atoms with Crippen molar-refractivity contribution in [1.82, 2.24) is 20.4 Å². The third-order valence-corrected chi connectivity index (χ3v) is 3.45. The molecule has 0 aliphatic rings. The molecule has 0 aliphatic heterocycles. The van der Waals surface area contributed by atoms with Gasteiger partial charge in [-0.15, -0.1) is 0 Å². The molecule has 2 aromatic rings. The molecule has 7 heteroatoms. The molecule has 0 amide bonds. The highest BCUT2D eigenvalue weighted by Gasteiger charge is 2.16. The Morgan fingerprint density at radius 2 is 2.20 bits per heavy atom. The van der Waals surface area contributed by atoms with E-state index in [2.05, 4.69) is 27.4 Å². The molecule has 1 N–H and O–H groups in total. The van der Waals surface area contributed by atoms with Crippen LogP contribution < -0.4 is 5.32 Å². The second kappa shape index (κ2) is 7.02. The Bertz CT molecular complexity index is 573. The van der Waals surface area contributed by atoms with E-state index < -0.39 is 0 Å². The largest absolute Gasteiger partial charge is 0.339 e. The number of likely N-dealkylation sites (N-methyl/N-ethyl adjacent to an activating group) is 1. The van der Waals surface area contributed by atoms with Crippen LogP contribution in [0, 0.1) is 0 Å². The number of hydrogen-bond donors (Lipinski definition) is 1. The zero-order chi connectivity index (χ0) is 14.5. The fourth-order valence-electron chi connectivity index (χ4n) is 1.92. The summed E-state index contributed by atoms with van der Waals surface area (Å²) in [4.78, 5) is 8.47. The van der Waals surface area contributed by atoms with Gasteiger partial charge in [-0.05, 0) is 19.5 Å². The van der Waals surface area contributed by atoms with E-state index in [1.54, 1.807) is 6.07 Å². The lowest BCUT2D eigenvalue weighted by atomic mass is 10.1. The minimum absolute atomic E-state index is 0.321. The van der Waals surface area contributed by atoms with Gasteiger partial charge < -0.3 is 9.84 Å².